The summed E-state index contributed by atoms with van der Waals surface area (Å²) < 4.78 is 35.0. The van der Waals surface area contributed by atoms with Gasteiger partial charge in [0.1, 0.15) is 11.5 Å². The van der Waals surface area contributed by atoms with E-state index in [0.717, 1.165) is 37.6 Å². The van der Waals surface area contributed by atoms with Crippen LogP contribution in [-0.2, 0) is 15.6 Å². The number of hydrogen-bond donors (Lipinski definition) is 1. The fourth-order valence-electron chi connectivity index (χ4n) is 3.71. The molecule has 11 heteroatoms. The molecule has 3 aromatic rings. The number of benzene rings is 2. The average Bonchev–Trinajstić information content (AvgIpc) is 3.33. The third kappa shape index (κ3) is 5.91. The third-order valence-electron chi connectivity index (χ3n) is 5.61. The molecule has 1 N–H and O–H groups in total. The molecule has 4 rings (SSSR count). The van der Waals surface area contributed by atoms with Gasteiger partial charge in [-0.2, -0.15) is 4.98 Å². The minimum atomic E-state index is -3.62. The second-order valence-corrected chi connectivity index (χ2v) is 9.86. The maximum Gasteiger partial charge on any atom is 0.315 e. The molecule has 34 heavy (non-hydrogen) atoms. The van der Waals surface area contributed by atoms with Gasteiger partial charge in [-0.1, -0.05) is 23.4 Å². The van der Waals surface area contributed by atoms with Crippen molar-refractivity contribution in [1.29, 1.82) is 0 Å². The highest BCUT2D eigenvalue weighted by Gasteiger charge is 2.22. The Morgan fingerprint density at radius 1 is 1.06 bits per heavy atom. The smallest absolute Gasteiger partial charge is 0.315 e. The number of aromatic nitrogens is 2. The summed E-state index contributed by atoms with van der Waals surface area (Å²) in [6, 6.07) is 16.0. The zero-order chi connectivity index (χ0) is 24.0. The molecule has 0 unspecified atom stereocenters. The summed E-state index contributed by atoms with van der Waals surface area (Å²) in [6.07, 6.45) is 0. The molecular formula is C23H27N5O5S. The van der Waals surface area contributed by atoms with Crippen LogP contribution < -0.4 is 15.0 Å². The monoisotopic (exact) mass is 485 g/mol. The number of anilines is 1. The molecule has 0 atom stereocenters. The van der Waals surface area contributed by atoms with Crippen LogP contribution in [0, 0.1) is 0 Å². The fourth-order valence-corrected chi connectivity index (χ4v) is 4.91. The second-order valence-electron chi connectivity index (χ2n) is 7.87. The van der Waals surface area contributed by atoms with Crippen LogP contribution in [0.25, 0.3) is 0 Å². The number of hydrogen-bond acceptors (Lipinski definition) is 9. The van der Waals surface area contributed by atoms with Crippen molar-refractivity contribution in [2.45, 2.75) is 10.6 Å². The topological polar surface area (TPSA) is 118 Å². The summed E-state index contributed by atoms with van der Waals surface area (Å²) in [5.74, 6) is -0.421. The molecule has 1 aromatic heterocycles. The first-order chi connectivity index (χ1) is 16.4. The summed E-state index contributed by atoms with van der Waals surface area (Å²) in [4.78, 5) is 21.0. The van der Waals surface area contributed by atoms with E-state index in [4.69, 9.17) is 9.26 Å². The van der Waals surface area contributed by atoms with Gasteiger partial charge in [-0.3, -0.25) is 9.69 Å². The lowest BCUT2D eigenvalue weighted by molar-refractivity contribution is 0.0904. The van der Waals surface area contributed by atoms with Gasteiger partial charge < -0.3 is 19.5 Å². The number of sulfone groups is 1. The Morgan fingerprint density at radius 2 is 1.76 bits per heavy atom. The molecule has 1 saturated heterocycles. The van der Waals surface area contributed by atoms with Gasteiger partial charge in [0.05, 0.1) is 12.0 Å². The lowest BCUT2D eigenvalue weighted by atomic mass is 10.2. The molecule has 2 aromatic carbocycles. The highest BCUT2D eigenvalue weighted by atomic mass is 32.2. The molecule has 0 radical (unpaired) electrons. The predicted molar refractivity (Wildman–Crippen MR) is 126 cm³/mol. The molecule has 0 bridgehead atoms. The first-order valence-corrected chi connectivity index (χ1v) is 12.6. The summed E-state index contributed by atoms with van der Waals surface area (Å²) in [7, 11) is -1.97. The highest BCUT2D eigenvalue weighted by molar-refractivity contribution is 7.90. The van der Waals surface area contributed by atoms with Gasteiger partial charge in [-0.05, 0) is 36.4 Å². The maximum absolute atomic E-state index is 12.4. The van der Waals surface area contributed by atoms with E-state index in [9.17, 15) is 13.2 Å². The van der Waals surface area contributed by atoms with Gasteiger partial charge in [0.2, 0.25) is 0 Å². The fraction of sp³-hybridized carbons (Fsp3) is 0.348. The van der Waals surface area contributed by atoms with E-state index in [-0.39, 0.29) is 16.6 Å². The van der Waals surface area contributed by atoms with E-state index in [2.05, 4.69) is 37.4 Å². The number of ether oxygens (including phenoxy) is 1. The number of nitrogens with one attached hydrogen (secondary N) is 1. The van der Waals surface area contributed by atoms with Gasteiger partial charge in [0.15, 0.2) is 15.7 Å². The minimum absolute atomic E-state index is 0.0522. The number of rotatable bonds is 9. The van der Waals surface area contributed by atoms with Gasteiger partial charge in [0.25, 0.3) is 0 Å². The van der Waals surface area contributed by atoms with E-state index >= 15 is 0 Å². The molecule has 1 aliphatic rings. The quantitative estimate of drug-likeness (QED) is 0.482. The molecule has 1 aliphatic heterocycles. The van der Waals surface area contributed by atoms with E-state index < -0.39 is 21.5 Å². The lowest BCUT2D eigenvalue weighted by Gasteiger charge is -2.36. The Kier molecular flexibility index (Phi) is 7.43. The van der Waals surface area contributed by atoms with Crippen LogP contribution in [0.4, 0.5) is 5.69 Å². The number of methoxy groups -OCH3 is 1. The van der Waals surface area contributed by atoms with Crippen LogP contribution in [0.2, 0.25) is 0 Å². The summed E-state index contributed by atoms with van der Waals surface area (Å²) in [6.45, 7) is 4.65. The van der Waals surface area contributed by atoms with Gasteiger partial charge in [-0.15, -0.1) is 0 Å². The van der Waals surface area contributed by atoms with Crippen LogP contribution in [-0.4, -0.2) is 75.7 Å². The van der Waals surface area contributed by atoms with Crippen LogP contribution in [0.1, 0.15) is 16.5 Å². The van der Waals surface area contributed by atoms with Crippen molar-refractivity contribution in [3.05, 3.63) is 66.3 Å². The van der Waals surface area contributed by atoms with Gasteiger partial charge in [0, 0.05) is 45.0 Å². The Bertz CT molecular complexity index is 1190. The van der Waals surface area contributed by atoms with Crippen molar-refractivity contribution in [2.24, 2.45) is 0 Å². The third-order valence-corrected chi connectivity index (χ3v) is 7.24. The normalized spacial score (nSPS) is 14.7. The van der Waals surface area contributed by atoms with Crippen LogP contribution in [0.3, 0.4) is 0 Å². The van der Waals surface area contributed by atoms with E-state index in [0.29, 0.717) is 13.1 Å². The molecule has 0 spiro atoms. The van der Waals surface area contributed by atoms with Crippen LogP contribution >= 0.6 is 0 Å². The molecule has 0 aliphatic carbocycles. The number of carbonyl (C=O) groups excluding carboxylic acids is 1. The Hall–Kier alpha value is -3.44. The SMILES string of the molecule is COc1ccc(N2CCN(CCNC(=O)c3nc(CS(=O)(=O)c4ccccc4)no3)CC2)cc1. The number of piperazine rings is 1. The lowest BCUT2D eigenvalue weighted by Crippen LogP contribution is -2.48. The summed E-state index contributed by atoms with van der Waals surface area (Å²) in [5.41, 5.74) is 1.16. The molecule has 1 fully saturated rings. The van der Waals surface area contributed by atoms with Crippen molar-refractivity contribution >= 4 is 21.4 Å². The van der Waals surface area contributed by atoms with E-state index in [1.54, 1.807) is 25.3 Å². The molecule has 1 amide bonds. The van der Waals surface area contributed by atoms with Crippen LogP contribution in [0.5, 0.6) is 5.75 Å². The van der Waals surface area contributed by atoms with E-state index in [1.807, 2.05) is 12.1 Å². The van der Waals surface area contributed by atoms with E-state index in [1.165, 1.54) is 12.1 Å². The standard InChI is InChI=1S/C23H27N5O5S/c1-32-19-9-7-18(8-10-19)28-15-13-27(14-16-28)12-11-24-22(29)23-25-21(26-33-23)17-34(30,31)20-5-3-2-4-6-20/h2-10H,11-17H2,1H3,(H,24,29). The van der Waals surface area contributed by atoms with Crippen LogP contribution in [0.15, 0.2) is 64.0 Å². The molecule has 2 heterocycles. The Morgan fingerprint density at radius 3 is 2.44 bits per heavy atom. The zero-order valence-electron chi connectivity index (χ0n) is 18.9. The molecule has 0 saturated carbocycles. The van der Waals surface area contributed by atoms with Crippen molar-refractivity contribution in [2.75, 3.05) is 51.3 Å². The summed E-state index contributed by atoms with van der Waals surface area (Å²) in [5, 5.41) is 6.40. The Labute approximate surface area is 198 Å². The highest BCUT2D eigenvalue weighted by Crippen LogP contribution is 2.20. The first kappa shape index (κ1) is 23.7. The van der Waals surface area contributed by atoms with Crippen molar-refractivity contribution in [3.8, 4) is 5.75 Å². The molecule has 10 nitrogen and oxygen atoms in total. The zero-order valence-corrected chi connectivity index (χ0v) is 19.7. The average molecular weight is 486 g/mol. The predicted octanol–water partition coefficient (Wildman–Crippen LogP) is 1.60. The summed E-state index contributed by atoms with van der Waals surface area (Å²) >= 11 is 0. The van der Waals surface area contributed by atoms with Gasteiger partial charge >= 0.3 is 11.8 Å². The number of carbonyl (C=O) groups is 1. The molecule has 180 valence electrons. The first-order valence-electron chi connectivity index (χ1n) is 10.9. The number of amides is 1. The minimum Gasteiger partial charge on any atom is -0.497 e. The Balaban J connectivity index is 1.21. The van der Waals surface area contributed by atoms with Crippen molar-refractivity contribution in [1.82, 2.24) is 20.4 Å². The van der Waals surface area contributed by atoms with Crippen molar-refractivity contribution < 1.29 is 22.5 Å². The largest absolute Gasteiger partial charge is 0.497 e. The molecular weight excluding hydrogens is 458 g/mol. The van der Waals surface area contributed by atoms with Gasteiger partial charge in [-0.25, -0.2) is 8.42 Å². The second kappa shape index (κ2) is 10.7. The maximum atomic E-state index is 12.4. The van der Waals surface area contributed by atoms with Crippen molar-refractivity contribution in [3.63, 3.8) is 0 Å². The number of nitrogens with zero attached hydrogens (tertiary/aromatic N) is 4.